The summed E-state index contributed by atoms with van der Waals surface area (Å²) in [7, 11) is 0. The SMILES string of the molecule is O=C(O)C(O)(CO)Cc1ccccc1. The molecule has 76 valence electrons. The lowest BCUT2D eigenvalue weighted by Crippen LogP contribution is -2.44. The molecule has 0 radical (unpaired) electrons. The molecular formula is C10H12O4. The fraction of sp³-hybridized carbons (Fsp3) is 0.300. The minimum atomic E-state index is -2.08. The van der Waals surface area contributed by atoms with Crippen LogP contribution in [0.15, 0.2) is 30.3 Å². The van der Waals surface area contributed by atoms with Crippen molar-refractivity contribution >= 4 is 5.97 Å². The van der Waals surface area contributed by atoms with Crippen LogP contribution in [0.3, 0.4) is 0 Å². The Morgan fingerprint density at radius 2 is 1.86 bits per heavy atom. The average molecular weight is 196 g/mol. The molecule has 0 saturated heterocycles. The van der Waals surface area contributed by atoms with Gasteiger partial charge < -0.3 is 15.3 Å². The summed E-state index contributed by atoms with van der Waals surface area (Å²) >= 11 is 0. The molecule has 4 heteroatoms. The minimum Gasteiger partial charge on any atom is -0.479 e. The van der Waals surface area contributed by atoms with Crippen LogP contribution < -0.4 is 0 Å². The van der Waals surface area contributed by atoms with Gasteiger partial charge in [-0.2, -0.15) is 0 Å². The molecular weight excluding hydrogens is 184 g/mol. The highest BCUT2D eigenvalue weighted by Crippen LogP contribution is 2.13. The maximum absolute atomic E-state index is 10.6. The van der Waals surface area contributed by atoms with Crippen LogP contribution in [0.4, 0.5) is 0 Å². The van der Waals surface area contributed by atoms with Gasteiger partial charge in [0.05, 0.1) is 6.61 Å². The fourth-order valence-corrected chi connectivity index (χ4v) is 1.13. The summed E-state index contributed by atoms with van der Waals surface area (Å²) < 4.78 is 0. The molecule has 0 aliphatic carbocycles. The molecule has 1 unspecified atom stereocenters. The molecule has 0 aliphatic heterocycles. The van der Waals surface area contributed by atoms with Gasteiger partial charge in [-0.05, 0) is 5.56 Å². The van der Waals surface area contributed by atoms with Crippen LogP contribution in [0.2, 0.25) is 0 Å². The molecule has 14 heavy (non-hydrogen) atoms. The third-order valence-corrected chi connectivity index (χ3v) is 2.00. The standard InChI is InChI=1S/C10H12O4/c11-7-10(14,9(12)13)6-8-4-2-1-3-5-8/h1-5,11,14H,6-7H2,(H,12,13). The maximum atomic E-state index is 10.6. The van der Waals surface area contributed by atoms with E-state index in [1.165, 1.54) is 0 Å². The number of hydrogen-bond acceptors (Lipinski definition) is 3. The van der Waals surface area contributed by atoms with E-state index in [2.05, 4.69) is 0 Å². The van der Waals surface area contributed by atoms with E-state index in [1.54, 1.807) is 30.3 Å². The Hall–Kier alpha value is -1.39. The third kappa shape index (κ3) is 2.31. The number of rotatable bonds is 4. The summed E-state index contributed by atoms with van der Waals surface area (Å²) in [5.41, 5.74) is -1.41. The molecule has 0 bridgehead atoms. The van der Waals surface area contributed by atoms with Gasteiger partial charge in [0, 0.05) is 6.42 Å². The van der Waals surface area contributed by atoms with Gasteiger partial charge in [-0.3, -0.25) is 0 Å². The van der Waals surface area contributed by atoms with E-state index in [4.69, 9.17) is 10.2 Å². The molecule has 1 rings (SSSR count). The number of aliphatic hydroxyl groups is 2. The van der Waals surface area contributed by atoms with E-state index in [1.807, 2.05) is 0 Å². The molecule has 0 saturated carbocycles. The highest BCUT2D eigenvalue weighted by Gasteiger charge is 2.35. The van der Waals surface area contributed by atoms with Crippen molar-refractivity contribution in [1.82, 2.24) is 0 Å². The summed E-state index contributed by atoms with van der Waals surface area (Å²) in [6.45, 7) is -0.794. The Balaban J connectivity index is 2.81. The van der Waals surface area contributed by atoms with Crippen molar-refractivity contribution in [1.29, 1.82) is 0 Å². The van der Waals surface area contributed by atoms with Crippen LogP contribution in [0.1, 0.15) is 5.56 Å². The summed E-state index contributed by atoms with van der Waals surface area (Å²) in [4.78, 5) is 10.6. The Morgan fingerprint density at radius 3 is 2.29 bits per heavy atom. The number of carboxylic acids is 1. The van der Waals surface area contributed by atoms with Gasteiger partial charge in [-0.1, -0.05) is 30.3 Å². The summed E-state index contributed by atoms with van der Waals surface area (Å²) in [5.74, 6) is -1.41. The van der Waals surface area contributed by atoms with Crippen molar-refractivity contribution in [2.24, 2.45) is 0 Å². The maximum Gasteiger partial charge on any atom is 0.338 e. The predicted octanol–water partition coefficient (Wildman–Crippen LogP) is 0.0371. The second kappa shape index (κ2) is 4.21. The van der Waals surface area contributed by atoms with E-state index < -0.39 is 18.2 Å². The highest BCUT2D eigenvalue weighted by atomic mass is 16.4. The Morgan fingerprint density at radius 1 is 1.29 bits per heavy atom. The fourth-order valence-electron chi connectivity index (χ4n) is 1.13. The topological polar surface area (TPSA) is 77.8 Å². The zero-order chi connectivity index (χ0) is 10.6. The lowest BCUT2D eigenvalue weighted by molar-refractivity contribution is -0.162. The van der Waals surface area contributed by atoms with Crippen molar-refractivity contribution in [2.45, 2.75) is 12.0 Å². The third-order valence-electron chi connectivity index (χ3n) is 2.00. The Kier molecular flexibility index (Phi) is 3.22. The number of hydrogen-bond donors (Lipinski definition) is 3. The molecule has 1 aromatic carbocycles. The first-order chi connectivity index (χ1) is 6.58. The molecule has 0 amide bonds. The lowest BCUT2D eigenvalue weighted by Gasteiger charge is -2.20. The van der Waals surface area contributed by atoms with E-state index in [0.29, 0.717) is 5.56 Å². The second-order valence-corrected chi connectivity index (χ2v) is 3.16. The smallest absolute Gasteiger partial charge is 0.338 e. The molecule has 0 aliphatic rings. The molecule has 0 aromatic heterocycles. The van der Waals surface area contributed by atoms with Crippen LogP contribution >= 0.6 is 0 Å². The zero-order valence-corrected chi connectivity index (χ0v) is 7.55. The predicted molar refractivity (Wildman–Crippen MR) is 49.8 cm³/mol. The monoisotopic (exact) mass is 196 g/mol. The van der Waals surface area contributed by atoms with E-state index in [-0.39, 0.29) is 6.42 Å². The minimum absolute atomic E-state index is 0.0975. The van der Waals surface area contributed by atoms with E-state index in [9.17, 15) is 9.90 Å². The number of benzene rings is 1. The van der Waals surface area contributed by atoms with Crippen LogP contribution in [-0.4, -0.2) is 33.5 Å². The van der Waals surface area contributed by atoms with Crippen LogP contribution in [0.25, 0.3) is 0 Å². The van der Waals surface area contributed by atoms with Gasteiger partial charge in [0.25, 0.3) is 0 Å². The molecule has 4 nitrogen and oxygen atoms in total. The van der Waals surface area contributed by atoms with Crippen molar-refractivity contribution in [3.05, 3.63) is 35.9 Å². The van der Waals surface area contributed by atoms with Gasteiger partial charge in [-0.15, -0.1) is 0 Å². The average Bonchev–Trinajstić information content (AvgIpc) is 2.19. The molecule has 0 fully saturated rings. The quantitative estimate of drug-likeness (QED) is 0.635. The van der Waals surface area contributed by atoms with Crippen molar-refractivity contribution in [3.63, 3.8) is 0 Å². The van der Waals surface area contributed by atoms with Crippen molar-refractivity contribution in [3.8, 4) is 0 Å². The number of aliphatic hydroxyl groups excluding tert-OH is 1. The summed E-state index contributed by atoms with van der Waals surface area (Å²) in [6.07, 6.45) is -0.0975. The van der Waals surface area contributed by atoms with Crippen LogP contribution in [0.5, 0.6) is 0 Å². The first-order valence-corrected chi connectivity index (χ1v) is 4.19. The molecule has 0 spiro atoms. The summed E-state index contributed by atoms with van der Waals surface area (Å²) in [5, 5.41) is 27.0. The largest absolute Gasteiger partial charge is 0.479 e. The first-order valence-electron chi connectivity index (χ1n) is 4.19. The molecule has 3 N–H and O–H groups in total. The first kappa shape index (κ1) is 10.7. The second-order valence-electron chi connectivity index (χ2n) is 3.16. The number of carboxylic acid groups (broad SMARTS) is 1. The van der Waals surface area contributed by atoms with Gasteiger partial charge >= 0.3 is 5.97 Å². The number of aliphatic carboxylic acids is 1. The number of carbonyl (C=O) groups is 1. The van der Waals surface area contributed by atoms with E-state index in [0.717, 1.165) is 0 Å². The van der Waals surface area contributed by atoms with Crippen molar-refractivity contribution < 1.29 is 20.1 Å². The molecule has 1 aromatic rings. The van der Waals surface area contributed by atoms with E-state index >= 15 is 0 Å². The van der Waals surface area contributed by atoms with Gasteiger partial charge in [-0.25, -0.2) is 4.79 Å². The van der Waals surface area contributed by atoms with Gasteiger partial charge in [0.2, 0.25) is 0 Å². The lowest BCUT2D eigenvalue weighted by atomic mass is 9.96. The molecule has 1 atom stereocenters. The van der Waals surface area contributed by atoms with Gasteiger partial charge in [0.1, 0.15) is 0 Å². The van der Waals surface area contributed by atoms with Crippen LogP contribution in [0, 0.1) is 0 Å². The Labute approximate surface area is 81.4 Å². The zero-order valence-electron chi connectivity index (χ0n) is 7.55. The summed E-state index contributed by atoms with van der Waals surface area (Å²) in [6, 6.07) is 8.68. The van der Waals surface area contributed by atoms with Crippen LogP contribution in [-0.2, 0) is 11.2 Å². The van der Waals surface area contributed by atoms with Gasteiger partial charge in [0.15, 0.2) is 5.60 Å². The van der Waals surface area contributed by atoms with Crippen molar-refractivity contribution in [2.75, 3.05) is 6.61 Å². The molecule has 0 heterocycles. The Bertz CT molecular complexity index is 309. The highest BCUT2D eigenvalue weighted by molar-refractivity contribution is 5.77. The normalized spacial score (nSPS) is 14.7.